The molecular formula is C16H22O2. The van der Waals surface area contributed by atoms with E-state index in [1.54, 1.807) is 0 Å². The fourth-order valence-electron chi connectivity index (χ4n) is 3.15. The van der Waals surface area contributed by atoms with E-state index in [0.717, 1.165) is 13.0 Å². The largest absolute Gasteiger partial charge is 0.374 e. The molecule has 0 amide bonds. The molecule has 1 heterocycles. The quantitative estimate of drug-likeness (QED) is 0.810. The predicted octanol–water partition coefficient (Wildman–Crippen LogP) is 3.41. The molecule has 1 aromatic rings. The van der Waals surface area contributed by atoms with Gasteiger partial charge < -0.3 is 9.47 Å². The maximum atomic E-state index is 6.19. The average Bonchev–Trinajstić information content (AvgIpc) is 3.17. The van der Waals surface area contributed by atoms with Gasteiger partial charge in [-0.2, -0.15) is 0 Å². The van der Waals surface area contributed by atoms with Gasteiger partial charge in [0.1, 0.15) is 0 Å². The SMILES string of the molecule is CC[C@H]1O[C@@H]2C[C@@H]2[C@@H](OCc2ccccc2)[C@H]1C. The lowest BCUT2D eigenvalue weighted by Gasteiger charge is -2.35. The van der Waals surface area contributed by atoms with Crippen molar-refractivity contribution >= 4 is 0 Å². The van der Waals surface area contributed by atoms with E-state index in [9.17, 15) is 0 Å². The molecule has 0 N–H and O–H groups in total. The molecule has 1 aromatic carbocycles. The van der Waals surface area contributed by atoms with Crippen LogP contribution in [0.5, 0.6) is 0 Å². The summed E-state index contributed by atoms with van der Waals surface area (Å²) in [6, 6.07) is 10.4. The molecule has 2 aliphatic rings. The zero-order valence-electron chi connectivity index (χ0n) is 11.2. The molecule has 2 nitrogen and oxygen atoms in total. The summed E-state index contributed by atoms with van der Waals surface area (Å²) in [7, 11) is 0. The minimum atomic E-state index is 0.383. The van der Waals surface area contributed by atoms with Crippen LogP contribution in [0.1, 0.15) is 32.3 Å². The molecule has 0 bridgehead atoms. The topological polar surface area (TPSA) is 18.5 Å². The Balaban J connectivity index is 1.61. The minimum Gasteiger partial charge on any atom is -0.374 e. The Morgan fingerprint density at radius 1 is 1.28 bits per heavy atom. The number of hydrogen-bond acceptors (Lipinski definition) is 2. The number of fused-ring (bicyclic) bond motifs is 1. The molecule has 0 unspecified atom stereocenters. The smallest absolute Gasteiger partial charge is 0.0720 e. The number of hydrogen-bond donors (Lipinski definition) is 0. The lowest BCUT2D eigenvalue weighted by atomic mass is 9.91. The molecule has 1 saturated heterocycles. The average molecular weight is 246 g/mol. The molecule has 5 atom stereocenters. The third kappa shape index (κ3) is 2.32. The molecule has 0 radical (unpaired) electrons. The standard InChI is InChI=1S/C16H22O2/c1-3-14-11(2)16(13-9-15(13)18-14)17-10-12-7-5-4-6-8-12/h4-8,11,13-16H,3,9-10H2,1-2H3/t11-,13-,14+,15+,16-/m0/s1. The lowest BCUT2D eigenvalue weighted by molar-refractivity contribution is -0.122. The van der Waals surface area contributed by atoms with Crippen LogP contribution in [0.4, 0.5) is 0 Å². The number of ether oxygens (including phenoxy) is 2. The molecule has 18 heavy (non-hydrogen) atoms. The highest BCUT2D eigenvalue weighted by Gasteiger charge is 2.53. The lowest BCUT2D eigenvalue weighted by Crippen LogP contribution is -2.40. The van der Waals surface area contributed by atoms with E-state index in [1.165, 1.54) is 12.0 Å². The summed E-state index contributed by atoms with van der Waals surface area (Å²) in [5.74, 6) is 1.16. The van der Waals surface area contributed by atoms with Crippen molar-refractivity contribution in [1.82, 2.24) is 0 Å². The Hall–Kier alpha value is -0.860. The van der Waals surface area contributed by atoms with Gasteiger partial charge in [-0.3, -0.25) is 0 Å². The summed E-state index contributed by atoms with van der Waals surface area (Å²) in [6.45, 7) is 5.21. The van der Waals surface area contributed by atoms with E-state index < -0.39 is 0 Å². The van der Waals surface area contributed by atoms with Gasteiger partial charge in [-0.1, -0.05) is 44.2 Å². The van der Waals surface area contributed by atoms with Crippen molar-refractivity contribution in [2.75, 3.05) is 0 Å². The zero-order valence-corrected chi connectivity index (χ0v) is 11.2. The van der Waals surface area contributed by atoms with Crippen LogP contribution in [0.25, 0.3) is 0 Å². The first-order chi connectivity index (χ1) is 8.79. The van der Waals surface area contributed by atoms with Crippen LogP contribution >= 0.6 is 0 Å². The van der Waals surface area contributed by atoms with E-state index in [1.807, 2.05) is 6.07 Å². The number of rotatable bonds is 4. The van der Waals surface area contributed by atoms with Crippen LogP contribution in [0.2, 0.25) is 0 Å². The molecule has 2 fully saturated rings. The Labute approximate surface area is 109 Å². The van der Waals surface area contributed by atoms with Gasteiger partial charge in [0, 0.05) is 11.8 Å². The van der Waals surface area contributed by atoms with E-state index in [4.69, 9.17) is 9.47 Å². The second-order valence-electron chi connectivity index (χ2n) is 5.64. The number of benzene rings is 1. The molecule has 98 valence electrons. The van der Waals surface area contributed by atoms with Crippen molar-refractivity contribution in [2.24, 2.45) is 11.8 Å². The van der Waals surface area contributed by atoms with Gasteiger partial charge in [-0.15, -0.1) is 0 Å². The minimum absolute atomic E-state index is 0.383. The predicted molar refractivity (Wildman–Crippen MR) is 71.2 cm³/mol. The molecular weight excluding hydrogens is 224 g/mol. The summed E-state index contributed by atoms with van der Waals surface area (Å²) >= 11 is 0. The second-order valence-corrected chi connectivity index (χ2v) is 5.64. The van der Waals surface area contributed by atoms with Gasteiger partial charge in [0.15, 0.2) is 0 Å². The summed E-state index contributed by atoms with van der Waals surface area (Å²) in [6.07, 6.45) is 3.53. The van der Waals surface area contributed by atoms with Gasteiger partial charge in [0.2, 0.25) is 0 Å². The van der Waals surface area contributed by atoms with E-state index >= 15 is 0 Å². The third-order valence-electron chi connectivity index (χ3n) is 4.34. The summed E-state index contributed by atoms with van der Waals surface area (Å²) in [4.78, 5) is 0. The van der Waals surface area contributed by atoms with Crippen LogP contribution in [-0.2, 0) is 16.1 Å². The van der Waals surface area contributed by atoms with Crippen LogP contribution in [0.15, 0.2) is 30.3 Å². The summed E-state index contributed by atoms with van der Waals surface area (Å²) < 4.78 is 12.2. The summed E-state index contributed by atoms with van der Waals surface area (Å²) in [5.41, 5.74) is 1.27. The molecule has 0 aromatic heterocycles. The van der Waals surface area contributed by atoms with Crippen molar-refractivity contribution in [3.8, 4) is 0 Å². The highest BCUT2D eigenvalue weighted by atomic mass is 16.5. The van der Waals surface area contributed by atoms with Gasteiger partial charge >= 0.3 is 0 Å². The Morgan fingerprint density at radius 3 is 2.78 bits per heavy atom. The van der Waals surface area contributed by atoms with Gasteiger partial charge in [0.25, 0.3) is 0 Å². The summed E-state index contributed by atoms with van der Waals surface area (Å²) in [5, 5.41) is 0. The van der Waals surface area contributed by atoms with Gasteiger partial charge in [-0.25, -0.2) is 0 Å². The first-order valence-corrected chi connectivity index (χ1v) is 7.10. The molecule has 1 aliphatic heterocycles. The monoisotopic (exact) mass is 246 g/mol. The molecule has 1 saturated carbocycles. The molecule has 1 aliphatic carbocycles. The van der Waals surface area contributed by atoms with E-state index in [-0.39, 0.29) is 0 Å². The van der Waals surface area contributed by atoms with Crippen LogP contribution in [0.3, 0.4) is 0 Å². The Bertz CT molecular complexity index is 389. The van der Waals surface area contributed by atoms with Crippen LogP contribution in [0, 0.1) is 11.8 Å². The van der Waals surface area contributed by atoms with Crippen molar-refractivity contribution in [1.29, 1.82) is 0 Å². The Kier molecular flexibility index (Phi) is 3.40. The second kappa shape index (κ2) is 5.02. The fraction of sp³-hybridized carbons (Fsp3) is 0.625. The van der Waals surface area contributed by atoms with Gasteiger partial charge in [0.05, 0.1) is 24.9 Å². The van der Waals surface area contributed by atoms with Crippen molar-refractivity contribution < 1.29 is 9.47 Å². The van der Waals surface area contributed by atoms with Crippen molar-refractivity contribution in [3.63, 3.8) is 0 Å². The van der Waals surface area contributed by atoms with E-state index in [2.05, 4.69) is 38.1 Å². The molecule has 0 spiro atoms. The first kappa shape index (κ1) is 12.2. The van der Waals surface area contributed by atoms with E-state index in [0.29, 0.717) is 30.1 Å². The zero-order chi connectivity index (χ0) is 12.5. The Morgan fingerprint density at radius 2 is 2.06 bits per heavy atom. The maximum absolute atomic E-state index is 6.19. The van der Waals surface area contributed by atoms with Crippen LogP contribution in [-0.4, -0.2) is 18.3 Å². The fourth-order valence-corrected chi connectivity index (χ4v) is 3.15. The van der Waals surface area contributed by atoms with Crippen LogP contribution < -0.4 is 0 Å². The maximum Gasteiger partial charge on any atom is 0.0720 e. The highest BCUT2D eigenvalue weighted by Crippen LogP contribution is 2.48. The molecule has 2 heteroatoms. The first-order valence-electron chi connectivity index (χ1n) is 7.10. The molecule has 3 rings (SSSR count). The highest BCUT2D eigenvalue weighted by molar-refractivity contribution is 5.13. The normalized spacial score (nSPS) is 38.2. The van der Waals surface area contributed by atoms with Crippen molar-refractivity contribution in [3.05, 3.63) is 35.9 Å². The third-order valence-corrected chi connectivity index (χ3v) is 4.34. The van der Waals surface area contributed by atoms with Gasteiger partial charge in [-0.05, 0) is 18.4 Å². The van der Waals surface area contributed by atoms with Crippen molar-refractivity contribution in [2.45, 2.75) is 51.6 Å².